The molecule has 1 aromatic rings. The van der Waals surface area contributed by atoms with Crippen molar-refractivity contribution in [1.29, 1.82) is 0 Å². The summed E-state index contributed by atoms with van der Waals surface area (Å²) in [5, 5.41) is 10.6. The van der Waals surface area contributed by atoms with E-state index >= 15 is 0 Å². The van der Waals surface area contributed by atoms with E-state index in [0.29, 0.717) is 19.7 Å². The Labute approximate surface area is 130 Å². The van der Waals surface area contributed by atoms with E-state index in [2.05, 4.69) is 0 Å². The van der Waals surface area contributed by atoms with Gasteiger partial charge in [-0.1, -0.05) is 43.2 Å². The topological polar surface area (TPSA) is 59.0 Å². The third-order valence-electron chi connectivity index (χ3n) is 4.42. The van der Waals surface area contributed by atoms with Crippen LogP contribution in [0, 0.1) is 0 Å². The van der Waals surface area contributed by atoms with Crippen LogP contribution in [0.2, 0.25) is 0 Å². The van der Waals surface area contributed by atoms with E-state index in [1.165, 1.54) is 4.90 Å². The van der Waals surface area contributed by atoms with Crippen molar-refractivity contribution in [3.05, 3.63) is 35.9 Å². The molecule has 0 saturated carbocycles. The minimum atomic E-state index is -0.907. The maximum Gasteiger partial charge on any atom is 0.410 e. The van der Waals surface area contributed by atoms with Gasteiger partial charge in [0, 0.05) is 6.61 Å². The summed E-state index contributed by atoms with van der Waals surface area (Å²) in [5.74, 6) is 0. The Morgan fingerprint density at radius 3 is 2.82 bits per heavy atom. The molecular weight excluding hydrogens is 282 g/mol. The highest BCUT2D eigenvalue weighted by atomic mass is 16.6. The molecule has 1 amide bonds. The maximum absolute atomic E-state index is 12.0. The molecule has 0 aromatic heterocycles. The number of aliphatic hydroxyl groups is 1. The fourth-order valence-corrected chi connectivity index (χ4v) is 3.10. The highest BCUT2D eigenvalue weighted by Gasteiger charge is 2.50. The molecule has 2 aliphatic rings. The highest BCUT2D eigenvalue weighted by molar-refractivity contribution is 5.69. The number of hydrogen-bond acceptors (Lipinski definition) is 4. The van der Waals surface area contributed by atoms with Crippen molar-refractivity contribution < 1.29 is 19.4 Å². The van der Waals surface area contributed by atoms with Crippen LogP contribution in [0.4, 0.5) is 4.79 Å². The van der Waals surface area contributed by atoms with E-state index in [-0.39, 0.29) is 18.8 Å². The Bertz CT molecular complexity index is 491. The summed E-state index contributed by atoms with van der Waals surface area (Å²) in [6.45, 7) is 1.55. The molecule has 2 heterocycles. The maximum atomic E-state index is 12.0. The lowest BCUT2D eigenvalue weighted by molar-refractivity contribution is -0.173. The van der Waals surface area contributed by atoms with Crippen molar-refractivity contribution in [3.8, 4) is 0 Å². The predicted octanol–water partition coefficient (Wildman–Crippen LogP) is 2.33. The molecule has 2 saturated heterocycles. The number of β-amino-alcohol motifs (C(OH)–C–C–N with tert-alkyl or cyclic N) is 1. The van der Waals surface area contributed by atoms with Crippen LogP contribution in [0.25, 0.3) is 0 Å². The Kier molecular flexibility index (Phi) is 4.64. The van der Waals surface area contributed by atoms with Gasteiger partial charge >= 0.3 is 6.09 Å². The van der Waals surface area contributed by atoms with Gasteiger partial charge in [0.1, 0.15) is 12.2 Å². The molecule has 0 spiro atoms. The van der Waals surface area contributed by atoms with Crippen LogP contribution in [0.1, 0.15) is 31.2 Å². The molecule has 0 bridgehead atoms. The average molecular weight is 305 g/mol. The molecule has 1 N–H and O–H groups in total. The Morgan fingerprint density at radius 1 is 1.27 bits per heavy atom. The number of amides is 1. The molecular formula is C17H23NO4. The van der Waals surface area contributed by atoms with Gasteiger partial charge in [-0.2, -0.15) is 0 Å². The summed E-state index contributed by atoms with van der Waals surface area (Å²) in [7, 11) is 0. The van der Waals surface area contributed by atoms with Crippen molar-refractivity contribution in [1.82, 2.24) is 4.90 Å². The van der Waals surface area contributed by atoms with E-state index in [1.54, 1.807) is 0 Å². The van der Waals surface area contributed by atoms with Gasteiger partial charge in [-0.3, -0.25) is 0 Å². The Morgan fingerprint density at radius 2 is 2.05 bits per heavy atom. The molecule has 3 rings (SSSR count). The van der Waals surface area contributed by atoms with Gasteiger partial charge in [0.05, 0.1) is 19.2 Å². The number of carbonyl (C=O) groups is 1. The van der Waals surface area contributed by atoms with Crippen LogP contribution in [0.3, 0.4) is 0 Å². The first-order chi connectivity index (χ1) is 10.7. The molecule has 2 aliphatic heterocycles. The zero-order valence-corrected chi connectivity index (χ0v) is 12.7. The zero-order chi connectivity index (χ0) is 15.4. The SMILES string of the molecule is O=C(OCc1ccccc1)N1CC(O)(C2CCCCCO2)C1. The van der Waals surface area contributed by atoms with Crippen LogP contribution in [-0.2, 0) is 16.1 Å². The minimum absolute atomic E-state index is 0.159. The van der Waals surface area contributed by atoms with Gasteiger partial charge in [-0.05, 0) is 18.4 Å². The molecule has 1 aromatic carbocycles. The number of carbonyl (C=O) groups excluding carboxylic acids is 1. The molecule has 1 unspecified atom stereocenters. The van der Waals surface area contributed by atoms with E-state index in [1.807, 2.05) is 30.3 Å². The lowest BCUT2D eigenvalue weighted by Crippen LogP contribution is -2.69. The fraction of sp³-hybridized carbons (Fsp3) is 0.588. The van der Waals surface area contributed by atoms with Crippen LogP contribution in [0.15, 0.2) is 30.3 Å². The number of benzene rings is 1. The Balaban J connectivity index is 1.46. The first-order valence-electron chi connectivity index (χ1n) is 7.97. The third-order valence-corrected chi connectivity index (χ3v) is 4.42. The molecule has 22 heavy (non-hydrogen) atoms. The molecule has 5 nitrogen and oxygen atoms in total. The van der Waals surface area contributed by atoms with Crippen molar-refractivity contribution in [3.63, 3.8) is 0 Å². The minimum Gasteiger partial charge on any atom is -0.445 e. The standard InChI is InChI=1S/C17H23NO4/c19-16(22-11-14-7-3-1-4-8-14)18-12-17(20,13-18)15-9-5-2-6-10-21-15/h1,3-4,7-8,15,20H,2,5-6,9-13H2. The molecule has 0 aliphatic carbocycles. The van der Waals surface area contributed by atoms with E-state index in [0.717, 1.165) is 31.2 Å². The smallest absolute Gasteiger partial charge is 0.410 e. The largest absolute Gasteiger partial charge is 0.445 e. The first kappa shape index (κ1) is 15.3. The van der Waals surface area contributed by atoms with Crippen LogP contribution in [0.5, 0.6) is 0 Å². The van der Waals surface area contributed by atoms with E-state index < -0.39 is 5.60 Å². The van der Waals surface area contributed by atoms with Gasteiger partial charge < -0.3 is 19.5 Å². The number of rotatable bonds is 3. The molecule has 0 radical (unpaired) electrons. The summed E-state index contributed by atoms with van der Waals surface area (Å²) in [4.78, 5) is 13.5. The van der Waals surface area contributed by atoms with Crippen LogP contribution >= 0.6 is 0 Å². The van der Waals surface area contributed by atoms with Gasteiger partial charge in [-0.25, -0.2) is 4.79 Å². The quantitative estimate of drug-likeness (QED) is 0.931. The second kappa shape index (κ2) is 6.67. The van der Waals surface area contributed by atoms with Crippen molar-refractivity contribution in [2.24, 2.45) is 0 Å². The predicted molar refractivity (Wildman–Crippen MR) is 81.4 cm³/mol. The zero-order valence-electron chi connectivity index (χ0n) is 12.7. The van der Waals surface area contributed by atoms with Crippen LogP contribution < -0.4 is 0 Å². The highest BCUT2D eigenvalue weighted by Crippen LogP contribution is 2.31. The second-order valence-electron chi connectivity index (χ2n) is 6.21. The lowest BCUT2D eigenvalue weighted by atomic mass is 9.85. The summed E-state index contributed by atoms with van der Waals surface area (Å²) < 4.78 is 11.0. The molecule has 2 fully saturated rings. The summed E-state index contributed by atoms with van der Waals surface area (Å²) >= 11 is 0. The Hall–Kier alpha value is -1.59. The fourth-order valence-electron chi connectivity index (χ4n) is 3.10. The summed E-state index contributed by atoms with van der Waals surface area (Å²) in [6, 6.07) is 9.58. The number of likely N-dealkylation sites (tertiary alicyclic amines) is 1. The van der Waals surface area contributed by atoms with Gasteiger partial charge in [-0.15, -0.1) is 0 Å². The normalized spacial score (nSPS) is 24.2. The number of ether oxygens (including phenoxy) is 2. The molecule has 1 atom stereocenters. The summed E-state index contributed by atoms with van der Waals surface area (Å²) in [5.41, 5.74) is 0.0505. The third kappa shape index (κ3) is 3.42. The second-order valence-corrected chi connectivity index (χ2v) is 6.21. The average Bonchev–Trinajstić information content (AvgIpc) is 2.80. The van der Waals surface area contributed by atoms with Crippen molar-refractivity contribution >= 4 is 6.09 Å². The molecule has 5 heteroatoms. The summed E-state index contributed by atoms with van der Waals surface area (Å²) in [6.07, 6.45) is 3.61. The first-order valence-corrected chi connectivity index (χ1v) is 7.97. The van der Waals surface area contributed by atoms with Crippen molar-refractivity contribution in [2.75, 3.05) is 19.7 Å². The van der Waals surface area contributed by atoms with Gasteiger partial charge in [0.15, 0.2) is 0 Å². The number of hydrogen-bond donors (Lipinski definition) is 1. The van der Waals surface area contributed by atoms with E-state index in [9.17, 15) is 9.90 Å². The van der Waals surface area contributed by atoms with Crippen molar-refractivity contribution in [2.45, 2.75) is 44.0 Å². The van der Waals surface area contributed by atoms with Gasteiger partial charge in [0.25, 0.3) is 0 Å². The monoisotopic (exact) mass is 305 g/mol. The number of nitrogens with zero attached hydrogens (tertiary/aromatic N) is 1. The lowest BCUT2D eigenvalue weighted by Gasteiger charge is -2.49. The van der Waals surface area contributed by atoms with E-state index in [4.69, 9.17) is 9.47 Å². The van der Waals surface area contributed by atoms with Gasteiger partial charge in [0.2, 0.25) is 0 Å². The molecule has 120 valence electrons. The van der Waals surface area contributed by atoms with Crippen LogP contribution in [-0.4, -0.2) is 47.5 Å².